The second kappa shape index (κ2) is 4.53. The van der Waals surface area contributed by atoms with E-state index in [4.69, 9.17) is 5.73 Å². The molecular weight excluding hydrogens is 251 g/mol. The quantitative estimate of drug-likeness (QED) is 0.685. The smallest absolute Gasteiger partial charge is 0.123 e. The van der Waals surface area contributed by atoms with Gasteiger partial charge in [-0.2, -0.15) is 0 Å². The van der Waals surface area contributed by atoms with Gasteiger partial charge in [-0.25, -0.2) is 4.39 Å². The summed E-state index contributed by atoms with van der Waals surface area (Å²) < 4.78 is 15.2. The maximum atomic E-state index is 13.1. The van der Waals surface area contributed by atoms with E-state index in [1.54, 1.807) is 12.1 Å². The van der Waals surface area contributed by atoms with Crippen molar-refractivity contribution in [3.05, 3.63) is 66.6 Å². The molecule has 0 unspecified atom stereocenters. The van der Waals surface area contributed by atoms with Crippen LogP contribution in [-0.2, 0) is 0 Å². The van der Waals surface area contributed by atoms with Gasteiger partial charge in [0.05, 0.1) is 5.52 Å². The first-order chi connectivity index (χ1) is 9.58. The molecule has 1 heterocycles. The average Bonchev–Trinajstić information content (AvgIpc) is 2.81. The molecule has 0 atom stereocenters. The van der Waals surface area contributed by atoms with Gasteiger partial charge in [0.25, 0.3) is 0 Å². The lowest BCUT2D eigenvalue weighted by atomic mass is 10.2. The van der Waals surface area contributed by atoms with Crippen LogP contribution in [0.15, 0.2) is 55.1 Å². The van der Waals surface area contributed by atoms with E-state index in [-0.39, 0.29) is 5.82 Å². The van der Waals surface area contributed by atoms with Crippen LogP contribution in [0.1, 0.15) is 12.6 Å². The molecule has 3 aromatic rings. The number of hydrogen-bond acceptors (Lipinski definition) is 1. The Labute approximate surface area is 116 Å². The topological polar surface area (TPSA) is 30.9 Å². The summed E-state index contributed by atoms with van der Waals surface area (Å²) in [4.78, 5) is 0. The third-order valence-corrected chi connectivity index (χ3v) is 3.40. The van der Waals surface area contributed by atoms with Crippen molar-refractivity contribution in [2.45, 2.75) is 6.92 Å². The Morgan fingerprint density at radius 2 is 1.85 bits per heavy atom. The highest BCUT2D eigenvalue weighted by Crippen LogP contribution is 2.31. The summed E-state index contributed by atoms with van der Waals surface area (Å²) >= 11 is 0. The number of hydrogen-bond donors (Lipinski definition) is 1. The Morgan fingerprint density at radius 3 is 2.50 bits per heavy atom. The Morgan fingerprint density at radius 1 is 1.15 bits per heavy atom. The van der Waals surface area contributed by atoms with Gasteiger partial charge in [0, 0.05) is 22.5 Å². The first-order valence-corrected chi connectivity index (χ1v) is 6.39. The Balaban J connectivity index is 2.37. The van der Waals surface area contributed by atoms with Crippen molar-refractivity contribution in [2.24, 2.45) is 0 Å². The summed E-state index contributed by atoms with van der Waals surface area (Å²) in [5.41, 5.74) is 10.6. The highest BCUT2D eigenvalue weighted by molar-refractivity contribution is 5.95. The van der Waals surface area contributed by atoms with E-state index in [9.17, 15) is 4.39 Å². The number of fused-ring (bicyclic) bond motifs is 1. The van der Waals surface area contributed by atoms with Crippen molar-refractivity contribution >= 4 is 22.2 Å². The number of allylic oxidation sites excluding steroid dienone is 1. The van der Waals surface area contributed by atoms with E-state index in [1.807, 2.05) is 35.8 Å². The highest BCUT2D eigenvalue weighted by atomic mass is 19.1. The zero-order valence-electron chi connectivity index (χ0n) is 11.2. The van der Waals surface area contributed by atoms with Crippen LogP contribution in [0, 0.1) is 5.82 Å². The number of rotatable bonds is 2. The van der Waals surface area contributed by atoms with Crippen LogP contribution < -0.4 is 5.73 Å². The minimum Gasteiger partial charge on any atom is -0.398 e. The number of halogens is 1. The van der Waals surface area contributed by atoms with E-state index < -0.39 is 0 Å². The van der Waals surface area contributed by atoms with Crippen molar-refractivity contribution in [3.63, 3.8) is 0 Å². The monoisotopic (exact) mass is 266 g/mol. The van der Waals surface area contributed by atoms with Crippen molar-refractivity contribution < 1.29 is 4.39 Å². The normalized spacial score (nSPS) is 10.9. The lowest BCUT2D eigenvalue weighted by molar-refractivity contribution is 0.627. The van der Waals surface area contributed by atoms with Gasteiger partial charge >= 0.3 is 0 Å². The SMILES string of the molecule is C=C(C)c1cc2c(N)cccc2n1-c1ccc(F)cc1. The van der Waals surface area contributed by atoms with Gasteiger partial charge in [-0.05, 0) is 55.0 Å². The maximum Gasteiger partial charge on any atom is 0.123 e. The second-order valence-corrected chi connectivity index (χ2v) is 4.90. The Bertz CT molecular complexity index is 798. The fourth-order valence-corrected chi connectivity index (χ4v) is 2.44. The molecule has 3 rings (SSSR count). The van der Waals surface area contributed by atoms with E-state index in [0.717, 1.165) is 33.5 Å². The van der Waals surface area contributed by atoms with E-state index in [2.05, 4.69) is 6.58 Å². The maximum absolute atomic E-state index is 13.1. The van der Waals surface area contributed by atoms with E-state index >= 15 is 0 Å². The van der Waals surface area contributed by atoms with Gasteiger partial charge in [-0.15, -0.1) is 0 Å². The van der Waals surface area contributed by atoms with Crippen LogP contribution in [-0.4, -0.2) is 4.57 Å². The van der Waals surface area contributed by atoms with Crippen LogP contribution in [0.5, 0.6) is 0 Å². The summed E-state index contributed by atoms with van der Waals surface area (Å²) in [7, 11) is 0. The first kappa shape index (κ1) is 12.5. The zero-order valence-corrected chi connectivity index (χ0v) is 11.2. The first-order valence-electron chi connectivity index (χ1n) is 6.39. The fourth-order valence-electron chi connectivity index (χ4n) is 2.44. The molecule has 0 aliphatic carbocycles. The third kappa shape index (κ3) is 1.88. The molecule has 2 nitrogen and oxygen atoms in total. The number of nitrogens with zero attached hydrogens (tertiary/aromatic N) is 1. The molecule has 0 bridgehead atoms. The largest absolute Gasteiger partial charge is 0.398 e. The van der Waals surface area contributed by atoms with Gasteiger partial charge < -0.3 is 10.3 Å². The standard InChI is InChI=1S/C17H15FN2/c1-11(2)17-10-14-15(19)4-3-5-16(14)20(17)13-8-6-12(18)7-9-13/h3-10H,1,19H2,2H3. The molecule has 100 valence electrons. The van der Waals surface area contributed by atoms with Crippen molar-refractivity contribution in [2.75, 3.05) is 5.73 Å². The Kier molecular flexibility index (Phi) is 2.83. The average molecular weight is 266 g/mol. The predicted octanol–water partition coefficient (Wildman–Crippen LogP) is 4.38. The second-order valence-electron chi connectivity index (χ2n) is 4.90. The summed E-state index contributed by atoms with van der Waals surface area (Å²) in [5, 5.41) is 0.981. The summed E-state index contributed by atoms with van der Waals surface area (Å²) in [6.07, 6.45) is 0. The van der Waals surface area contributed by atoms with Gasteiger partial charge in [0.1, 0.15) is 5.82 Å². The number of nitrogens with two attached hydrogens (primary N) is 1. The van der Waals surface area contributed by atoms with Gasteiger partial charge in [0.2, 0.25) is 0 Å². The molecule has 0 aliphatic heterocycles. The van der Waals surface area contributed by atoms with Crippen molar-refractivity contribution in [1.29, 1.82) is 0 Å². The number of benzene rings is 2. The van der Waals surface area contributed by atoms with Gasteiger partial charge in [0.15, 0.2) is 0 Å². The molecule has 20 heavy (non-hydrogen) atoms. The molecule has 2 aromatic carbocycles. The molecular formula is C17H15FN2. The van der Waals surface area contributed by atoms with Crippen molar-refractivity contribution in [3.8, 4) is 5.69 Å². The third-order valence-electron chi connectivity index (χ3n) is 3.40. The molecule has 0 saturated carbocycles. The summed E-state index contributed by atoms with van der Waals surface area (Å²) in [5.74, 6) is -0.249. The molecule has 0 radical (unpaired) electrons. The zero-order chi connectivity index (χ0) is 14.3. The molecule has 0 amide bonds. The summed E-state index contributed by atoms with van der Waals surface area (Å²) in [6.45, 7) is 5.97. The van der Waals surface area contributed by atoms with Crippen LogP contribution in [0.4, 0.5) is 10.1 Å². The van der Waals surface area contributed by atoms with Crippen LogP contribution in [0.25, 0.3) is 22.2 Å². The van der Waals surface area contributed by atoms with Crippen molar-refractivity contribution in [1.82, 2.24) is 4.57 Å². The lowest BCUT2D eigenvalue weighted by Crippen LogP contribution is -1.98. The lowest BCUT2D eigenvalue weighted by Gasteiger charge is -2.11. The van der Waals surface area contributed by atoms with E-state index in [0.29, 0.717) is 0 Å². The van der Waals surface area contributed by atoms with E-state index in [1.165, 1.54) is 12.1 Å². The molecule has 0 saturated heterocycles. The predicted molar refractivity (Wildman–Crippen MR) is 82.4 cm³/mol. The fraction of sp³-hybridized carbons (Fsp3) is 0.0588. The molecule has 0 aliphatic rings. The minimum atomic E-state index is -0.249. The Hall–Kier alpha value is -2.55. The highest BCUT2D eigenvalue weighted by Gasteiger charge is 2.12. The number of anilines is 1. The molecule has 1 aromatic heterocycles. The molecule has 0 fully saturated rings. The minimum absolute atomic E-state index is 0.249. The van der Waals surface area contributed by atoms with Crippen LogP contribution in [0.3, 0.4) is 0 Å². The van der Waals surface area contributed by atoms with Crippen LogP contribution in [0.2, 0.25) is 0 Å². The van der Waals surface area contributed by atoms with Gasteiger partial charge in [-0.3, -0.25) is 0 Å². The molecule has 3 heteroatoms. The summed E-state index contributed by atoms with van der Waals surface area (Å²) in [6, 6.07) is 14.2. The van der Waals surface area contributed by atoms with Gasteiger partial charge in [-0.1, -0.05) is 12.6 Å². The molecule has 2 N–H and O–H groups in total. The number of nitrogen functional groups attached to an aromatic ring is 1. The van der Waals surface area contributed by atoms with Crippen LogP contribution >= 0.6 is 0 Å². The molecule has 0 spiro atoms. The number of aromatic nitrogens is 1.